The molecule has 32 heavy (non-hydrogen) atoms. The van der Waals surface area contributed by atoms with Gasteiger partial charge < -0.3 is 14.2 Å². The van der Waals surface area contributed by atoms with Gasteiger partial charge in [-0.1, -0.05) is 24.3 Å². The fraction of sp³-hybridized carbons (Fsp3) is 0.385. The van der Waals surface area contributed by atoms with Gasteiger partial charge >= 0.3 is 0 Å². The van der Waals surface area contributed by atoms with Crippen molar-refractivity contribution in [2.24, 2.45) is 0 Å². The van der Waals surface area contributed by atoms with Crippen molar-refractivity contribution >= 4 is 5.91 Å². The molecule has 1 aliphatic heterocycles. The van der Waals surface area contributed by atoms with Crippen molar-refractivity contribution in [1.82, 2.24) is 14.5 Å². The topological polar surface area (TPSA) is 47.4 Å². The van der Waals surface area contributed by atoms with Crippen molar-refractivity contribution in [3.05, 3.63) is 83.2 Å². The Balaban J connectivity index is 1.31. The van der Waals surface area contributed by atoms with Gasteiger partial charge in [0.05, 0.1) is 12.5 Å². The van der Waals surface area contributed by atoms with Crippen LogP contribution < -0.4 is 4.74 Å². The van der Waals surface area contributed by atoms with Crippen LogP contribution in [0.2, 0.25) is 0 Å². The van der Waals surface area contributed by atoms with Crippen LogP contribution in [-0.2, 0) is 16.8 Å². The molecule has 1 unspecified atom stereocenters. The molecule has 1 saturated carbocycles. The average molecular weight is 434 g/mol. The Morgan fingerprint density at radius 3 is 2.53 bits per heavy atom. The number of ether oxygens (including phenoxy) is 1. The third kappa shape index (κ3) is 3.68. The van der Waals surface area contributed by atoms with Crippen molar-refractivity contribution in [3.63, 3.8) is 0 Å². The van der Waals surface area contributed by atoms with E-state index in [2.05, 4.69) is 4.57 Å². The molecule has 1 amide bonds. The third-order valence-corrected chi connectivity index (χ3v) is 6.98. The highest BCUT2D eigenvalue weighted by Crippen LogP contribution is 2.50. The number of halogens is 1. The molecule has 0 bridgehead atoms. The SMILES string of the molecule is COc1ccc(C2(C(=O)N3CCC(c4ncc(C)n4Cc4ccc(F)cc4)C3)CC2)cc1. The Morgan fingerprint density at radius 1 is 1.16 bits per heavy atom. The second kappa shape index (κ2) is 8.08. The molecular formula is C26H28FN3O2. The summed E-state index contributed by atoms with van der Waals surface area (Å²) in [6.45, 7) is 4.14. The molecule has 5 rings (SSSR count). The van der Waals surface area contributed by atoms with Gasteiger partial charge in [0.25, 0.3) is 0 Å². The van der Waals surface area contributed by atoms with Crippen molar-refractivity contribution in [3.8, 4) is 5.75 Å². The first-order chi connectivity index (χ1) is 15.5. The molecule has 0 N–H and O–H groups in total. The maximum absolute atomic E-state index is 13.5. The van der Waals surface area contributed by atoms with Gasteiger partial charge in [-0.15, -0.1) is 0 Å². The third-order valence-electron chi connectivity index (χ3n) is 6.98. The number of aryl methyl sites for hydroxylation is 1. The minimum absolute atomic E-state index is 0.208. The van der Waals surface area contributed by atoms with Crippen LogP contribution in [0, 0.1) is 12.7 Å². The monoisotopic (exact) mass is 433 g/mol. The molecule has 6 heteroatoms. The molecule has 1 saturated heterocycles. The Hall–Kier alpha value is -3.15. The van der Waals surface area contributed by atoms with Gasteiger partial charge in [0.1, 0.15) is 17.4 Å². The smallest absolute Gasteiger partial charge is 0.233 e. The van der Waals surface area contributed by atoms with Crippen molar-refractivity contribution in [2.45, 2.75) is 44.1 Å². The average Bonchev–Trinajstić information content (AvgIpc) is 3.35. The summed E-state index contributed by atoms with van der Waals surface area (Å²) < 4.78 is 20.7. The molecule has 2 heterocycles. The number of imidazole rings is 1. The zero-order valence-electron chi connectivity index (χ0n) is 18.6. The van der Waals surface area contributed by atoms with Crippen molar-refractivity contribution in [2.75, 3.05) is 20.2 Å². The number of nitrogens with zero attached hydrogens (tertiary/aromatic N) is 3. The van der Waals surface area contributed by atoms with Gasteiger partial charge in [-0.05, 0) is 61.6 Å². The largest absolute Gasteiger partial charge is 0.497 e. The predicted molar refractivity (Wildman–Crippen MR) is 120 cm³/mol. The maximum atomic E-state index is 13.5. The summed E-state index contributed by atoms with van der Waals surface area (Å²) in [4.78, 5) is 20.2. The molecule has 2 aliphatic rings. The van der Waals surface area contributed by atoms with E-state index >= 15 is 0 Å². The Morgan fingerprint density at radius 2 is 1.88 bits per heavy atom. The molecule has 2 fully saturated rings. The number of amides is 1. The van der Waals surface area contributed by atoms with E-state index in [1.165, 1.54) is 12.1 Å². The van der Waals surface area contributed by atoms with Crippen LogP contribution in [0.15, 0.2) is 54.7 Å². The molecule has 1 aliphatic carbocycles. The normalized spacial score (nSPS) is 19.2. The number of methoxy groups -OCH3 is 1. The summed E-state index contributed by atoms with van der Waals surface area (Å²) in [6, 6.07) is 14.5. The number of aromatic nitrogens is 2. The molecule has 1 atom stereocenters. The number of carbonyl (C=O) groups excluding carboxylic acids is 1. The van der Waals surface area contributed by atoms with Crippen LogP contribution in [0.3, 0.4) is 0 Å². The first-order valence-electron chi connectivity index (χ1n) is 11.2. The van der Waals surface area contributed by atoms with Gasteiger partial charge in [0.2, 0.25) is 5.91 Å². The summed E-state index contributed by atoms with van der Waals surface area (Å²) in [5.74, 6) is 2.03. The first-order valence-corrected chi connectivity index (χ1v) is 11.2. The summed E-state index contributed by atoms with van der Waals surface area (Å²) in [5, 5.41) is 0. The van der Waals surface area contributed by atoms with Gasteiger partial charge in [-0.3, -0.25) is 4.79 Å². The summed E-state index contributed by atoms with van der Waals surface area (Å²) in [5.41, 5.74) is 2.82. The van der Waals surface area contributed by atoms with Gasteiger partial charge in [-0.25, -0.2) is 9.37 Å². The minimum atomic E-state index is -0.374. The van der Waals surface area contributed by atoms with E-state index in [0.717, 1.165) is 54.2 Å². The van der Waals surface area contributed by atoms with Crippen LogP contribution in [0.1, 0.15) is 47.8 Å². The summed E-state index contributed by atoms with van der Waals surface area (Å²) in [6.07, 6.45) is 4.60. The Kier molecular flexibility index (Phi) is 5.24. The fourth-order valence-corrected chi connectivity index (χ4v) is 4.90. The lowest BCUT2D eigenvalue weighted by Gasteiger charge is -2.24. The zero-order valence-corrected chi connectivity index (χ0v) is 18.6. The lowest BCUT2D eigenvalue weighted by molar-refractivity contribution is -0.132. The minimum Gasteiger partial charge on any atom is -0.497 e. The van der Waals surface area contributed by atoms with E-state index in [4.69, 9.17) is 9.72 Å². The number of likely N-dealkylation sites (tertiary alicyclic amines) is 1. The van der Waals surface area contributed by atoms with E-state index in [0.29, 0.717) is 13.1 Å². The summed E-state index contributed by atoms with van der Waals surface area (Å²) in [7, 11) is 1.65. The highest BCUT2D eigenvalue weighted by Gasteiger charge is 2.53. The Labute approximate surface area is 187 Å². The van der Waals surface area contributed by atoms with Crippen molar-refractivity contribution < 1.29 is 13.9 Å². The molecule has 2 aromatic carbocycles. The zero-order chi connectivity index (χ0) is 22.3. The number of benzene rings is 2. The second-order valence-electron chi connectivity index (χ2n) is 9.02. The Bertz CT molecular complexity index is 1120. The molecule has 0 spiro atoms. The molecule has 1 aromatic heterocycles. The van der Waals surface area contributed by atoms with E-state index in [-0.39, 0.29) is 23.1 Å². The maximum Gasteiger partial charge on any atom is 0.233 e. The number of hydrogen-bond donors (Lipinski definition) is 0. The van der Waals surface area contributed by atoms with E-state index in [1.807, 2.05) is 54.4 Å². The van der Waals surface area contributed by atoms with Gasteiger partial charge in [0.15, 0.2) is 0 Å². The number of hydrogen-bond acceptors (Lipinski definition) is 3. The highest BCUT2D eigenvalue weighted by atomic mass is 19.1. The molecule has 0 radical (unpaired) electrons. The van der Waals surface area contributed by atoms with E-state index in [9.17, 15) is 9.18 Å². The first kappa shape index (κ1) is 20.7. The standard InChI is InChI=1S/C26H28FN3O2/c1-18-15-28-24(30(18)16-19-3-7-22(27)8-4-19)20-11-14-29(17-20)25(31)26(12-13-26)21-5-9-23(32-2)10-6-21/h3-10,15,20H,11-14,16-17H2,1-2H3. The fourth-order valence-electron chi connectivity index (χ4n) is 4.90. The van der Waals surface area contributed by atoms with Crippen LogP contribution in [0.5, 0.6) is 5.75 Å². The van der Waals surface area contributed by atoms with Gasteiger partial charge in [-0.2, -0.15) is 0 Å². The van der Waals surface area contributed by atoms with Crippen LogP contribution in [0.4, 0.5) is 4.39 Å². The number of rotatable bonds is 6. The predicted octanol–water partition coefficient (Wildman–Crippen LogP) is 4.44. The highest BCUT2D eigenvalue weighted by molar-refractivity contribution is 5.91. The summed E-state index contributed by atoms with van der Waals surface area (Å²) >= 11 is 0. The lowest BCUT2D eigenvalue weighted by Crippen LogP contribution is -2.37. The molecule has 3 aromatic rings. The van der Waals surface area contributed by atoms with Crippen molar-refractivity contribution in [1.29, 1.82) is 0 Å². The quantitative estimate of drug-likeness (QED) is 0.578. The van der Waals surface area contributed by atoms with E-state index < -0.39 is 0 Å². The molecule has 5 nitrogen and oxygen atoms in total. The van der Waals surface area contributed by atoms with Crippen LogP contribution in [-0.4, -0.2) is 40.6 Å². The van der Waals surface area contributed by atoms with E-state index in [1.54, 1.807) is 7.11 Å². The second-order valence-corrected chi connectivity index (χ2v) is 9.02. The van der Waals surface area contributed by atoms with Gasteiger partial charge in [0, 0.05) is 37.4 Å². The van der Waals surface area contributed by atoms with Crippen LogP contribution in [0.25, 0.3) is 0 Å². The lowest BCUT2D eigenvalue weighted by atomic mass is 9.94. The molecular weight excluding hydrogens is 405 g/mol. The molecule has 166 valence electrons. The van der Waals surface area contributed by atoms with Crippen LogP contribution >= 0.6 is 0 Å². The number of carbonyl (C=O) groups is 1.